The fourth-order valence-electron chi connectivity index (χ4n) is 10.5. The van der Waals surface area contributed by atoms with Gasteiger partial charge >= 0.3 is 6.01 Å². The first kappa shape index (κ1) is 43.6. The van der Waals surface area contributed by atoms with E-state index < -0.39 is 53.2 Å². The number of anilines is 1. The number of rotatable bonds is 12. The Morgan fingerprint density at radius 2 is 1.75 bits per heavy atom. The van der Waals surface area contributed by atoms with Gasteiger partial charge in [0.15, 0.2) is 12.6 Å². The van der Waals surface area contributed by atoms with Crippen molar-refractivity contribution in [2.75, 3.05) is 51.6 Å². The van der Waals surface area contributed by atoms with E-state index >= 15 is 8.78 Å². The summed E-state index contributed by atoms with van der Waals surface area (Å²) in [6.07, 6.45) is 1.99. The van der Waals surface area contributed by atoms with E-state index in [1.54, 1.807) is 17.9 Å². The lowest BCUT2D eigenvalue weighted by molar-refractivity contribution is -0.384. The maximum atomic E-state index is 17.9. The molecule has 7 rings (SSSR count). The Bertz CT molecular complexity index is 2350. The molecule has 3 fully saturated rings. The Labute approximate surface area is 350 Å². The van der Waals surface area contributed by atoms with Crippen molar-refractivity contribution in [1.82, 2.24) is 14.9 Å². The van der Waals surface area contributed by atoms with Crippen LogP contribution in [0.5, 0.6) is 11.8 Å². The Kier molecular flexibility index (Phi) is 12.2. The number of nitro benzene ring substituents is 1. The SMILES string of the molecule is COCOc1cc(-c2c([N+](=O)[O-])cc3c(N4CCCC(C)(O)C4)nc(OC[C@@]45CCCN4C[C@H](F)C5)nc3c2F)c2c(C#C[Si](C(C)C)(C(C)C)C(C)C)c(F)ccc2c1. The zero-order valence-corrected chi connectivity index (χ0v) is 36.8. The van der Waals surface area contributed by atoms with Crippen molar-refractivity contribution in [3.63, 3.8) is 0 Å². The average Bonchev–Trinajstić information content (AvgIpc) is 3.71. The minimum absolute atomic E-state index is 0.000497. The number of methoxy groups -OCH3 is 1. The van der Waals surface area contributed by atoms with Crippen molar-refractivity contribution in [3.8, 4) is 34.4 Å². The van der Waals surface area contributed by atoms with Crippen LogP contribution in [0.25, 0.3) is 32.8 Å². The molecule has 15 heteroatoms. The monoisotopic (exact) mass is 847 g/mol. The first-order valence-electron chi connectivity index (χ1n) is 21.0. The maximum absolute atomic E-state index is 17.9. The number of hydrogen-bond donors (Lipinski definition) is 1. The molecule has 3 aromatic carbocycles. The Hall–Kier alpha value is -4.49. The summed E-state index contributed by atoms with van der Waals surface area (Å²) in [4.78, 5) is 25.7. The second-order valence-corrected chi connectivity index (χ2v) is 23.7. The standard InChI is InChI=1S/C45H56F3N5O6Si/c1-27(2)60(28(3)4,29(5)6)18-13-33-36(47)12-11-30-19-32(59-26-57-8)20-34(38(30)33)39-37(53(55)56)21-35-41(40(39)48)49-43(50-42(35)51-16-9-14-44(7,54)24-51)58-25-45-15-10-17-52(45)23-31(46)22-45/h11-12,19-21,27-29,31,54H,9-10,14-17,22-26H2,1-8H3/t31-,44?,45+/m1/s1. The van der Waals surface area contributed by atoms with Crippen LogP contribution in [-0.4, -0.2) is 97.0 Å². The predicted molar refractivity (Wildman–Crippen MR) is 230 cm³/mol. The molecule has 0 spiro atoms. The lowest BCUT2D eigenvalue weighted by Crippen LogP contribution is -2.46. The van der Waals surface area contributed by atoms with Crippen molar-refractivity contribution in [2.45, 2.75) is 115 Å². The van der Waals surface area contributed by atoms with E-state index in [1.807, 2.05) is 0 Å². The van der Waals surface area contributed by atoms with E-state index in [0.29, 0.717) is 37.7 Å². The number of fused-ring (bicyclic) bond motifs is 3. The summed E-state index contributed by atoms with van der Waals surface area (Å²) in [7, 11) is -0.978. The number of aliphatic hydroxyl groups is 1. The Morgan fingerprint density at radius 3 is 2.42 bits per heavy atom. The number of β-amino-alcohol motifs (C(OH)–C–C–N with tert-alkyl or cyclic N) is 1. The smallest absolute Gasteiger partial charge is 0.319 e. The highest BCUT2D eigenvalue weighted by Crippen LogP contribution is 2.47. The molecule has 0 amide bonds. The summed E-state index contributed by atoms with van der Waals surface area (Å²) in [5.74, 6) is 1.90. The van der Waals surface area contributed by atoms with Crippen LogP contribution in [0.4, 0.5) is 24.7 Å². The largest absolute Gasteiger partial charge is 0.468 e. The van der Waals surface area contributed by atoms with Gasteiger partial charge in [-0.3, -0.25) is 15.0 Å². The lowest BCUT2D eigenvalue weighted by atomic mass is 9.91. The van der Waals surface area contributed by atoms with Crippen molar-refractivity contribution in [1.29, 1.82) is 0 Å². The molecular formula is C45H56F3N5O6Si. The maximum Gasteiger partial charge on any atom is 0.319 e. The van der Waals surface area contributed by atoms with Crippen LogP contribution in [0.15, 0.2) is 30.3 Å². The van der Waals surface area contributed by atoms with Crippen molar-refractivity contribution in [2.24, 2.45) is 0 Å². The molecule has 322 valence electrons. The summed E-state index contributed by atoms with van der Waals surface area (Å²) >= 11 is 0. The Morgan fingerprint density at radius 1 is 1.03 bits per heavy atom. The van der Waals surface area contributed by atoms with Gasteiger partial charge in [0, 0.05) is 50.2 Å². The summed E-state index contributed by atoms with van der Waals surface area (Å²) in [5, 5.41) is 25.0. The molecule has 1 unspecified atom stereocenters. The van der Waals surface area contributed by atoms with Gasteiger partial charge in [-0.2, -0.15) is 9.97 Å². The summed E-state index contributed by atoms with van der Waals surface area (Å²) in [6, 6.07) is 6.97. The highest BCUT2D eigenvalue weighted by atomic mass is 28.3. The molecule has 4 heterocycles. The third kappa shape index (κ3) is 7.92. The number of hydrogen-bond acceptors (Lipinski definition) is 10. The van der Waals surface area contributed by atoms with E-state index in [0.717, 1.165) is 19.4 Å². The number of halogens is 3. The normalized spacial score (nSPS) is 22.2. The molecule has 0 radical (unpaired) electrons. The van der Waals surface area contributed by atoms with Gasteiger partial charge in [0.05, 0.1) is 32.6 Å². The molecule has 3 atom stereocenters. The number of piperidine rings is 1. The molecule has 11 nitrogen and oxygen atoms in total. The van der Waals surface area contributed by atoms with Gasteiger partial charge in [0.2, 0.25) is 0 Å². The second-order valence-electron chi connectivity index (χ2n) is 18.1. The lowest BCUT2D eigenvalue weighted by Gasteiger charge is -2.38. The summed E-state index contributed by atoms with van der Waals surface area (Å²) in [5.41, 5.74) is 1.28. The van der Waals surface area contributed by atoms with Crippen molar-refractivity contribution < 1.29 is 37.4 Å². The van der Waals surface area contributed by atoms with Gasteiger partial charge in [-0.25, -0.2) is 13.2 Å². The highest BCUT2D eigenvalue weighted by Gasteiger charge is 2.49. The number of benzene rings is 3. The topological polar surface area (TPSA) is 123 Å². The fraction of sp³-hybridized carbons (Fsp3) is 0.556. The van der Waals surface area contributed by atoms with Crippen LogP contribution in [0.2, 0.25) is 16.6 Å². The van der Waals surface area contributed by atoms with Crippen LogP contribution >= 0.6 is 0 Å². The molecule has 3 saturated heterocycles. The second kappa shape index (κ2) is 16.8. The summed E-state index contributed by atoms with van der Waals surface area (Å²) in [6.45, 7) is 16.1. The van der Waals surface area contributed by atoms with Gasteiger partial charge in [0.25, 0.3) is 5.69 Å². The van der Waals surface area contributed by atoms with Crippen molar-refractivity contribution >= 4 is 41.3 Å². The average molecular weight is 848 g/mol. The summed E-state index contributed by atoms with van der Waals surface area (Å²) < 4.78 is 66.3. The van der Waals surface area contributed by atoms with Gasteiger partial charge < -0.3 is 24.2 Å². The van der Waals surface area contributed by atoms with E-state index in [1.165, 1.54) is 31.4 Å². The van der Waals surface area contributed by atoms with Gasteiger partial charge in [-0.1, -0.05) is 53.5 Å². The molecule has 0 aliphatic carbocycles. The number of ether oxygens (including phenoxy) is 3. The first-order chi connectivity index (χ1) is 28.4. The third-order valence-electron chi connectivity index (χ3n) is 13.2. The molecule has 3 aliphatic rings. The quantitative estimate of drug-likeness (QED) is 0.0485. The minimum atomic E-state index is -2.42. The fourth-order valence-corrected chi connectivity index (χ4v) is 15.7. The van der Waals surface area contributed by atoms with Crippen LogP contribution < -0.4 is 14.4 Å². The third-order valence-corrected chi connectivity index (χ3v) is 19.5. The first-order valence-corrected chi connectivity index (χ1v) is 23.2. The number of aromatic nitrogens is 2. The zero-order valence-electron chi connectivity index (χ0n) is 35.8. The van der Waals surface area contributed by atoms with Crippen LogP contribution in [0.1, 0.15) is 86.1 Å². The van der Waals surface area contributed by atoms with Gasteiger partial charge in [-0.15, -0.1) is 5.54 Å². The number of nitrogens with zero attached hydrogens (tertiary/aromatic N) is 5. The van der Waals surface area contributed by atoms with E-state index in [4.69, 9.17) is 19.2 Å². The predicted octanol–water partition coefficient (Wildman–Crippen LogP) is 9.50. The van der Waals surface area contributed by atoms with Crippen molar-refractivity contribution in [3.05, 3.63) is 57.6 Å². The molecule has 0 bridgehead atoms. The van der Waals surface area contributed by atoms with Crippen LogP contribution in [0, 0.1) is 33.2 Å². The zero-order chi connectivity index (χ0) is 43.3. The number of nitro groups is 1. The Balaban J connectivity index is 1.51. The van der Waals surface area contributed by atoms with E-state index in [2.05, 4.69) is 62.9 Å². The van der Waals surface area contributed by atoms with Crippen LogP contribution in [-0.2, 0) is 4.74 Å². The van der Waals surface area contributed by atoms with E-state index in [9.17, 15) is 19.6 Å². The highest BCUT2D eigenvalue weighted by molar-refractivity contribution is 6.90. The molecule has 4 aromatic rings. The van der Waals surface area contributed by atoms with E-state index in [-0.39, 0.29) is 81.6 Å². The van der Waals surface area contributed by atoms with Crippen LogP contribution in [0.3, 0.4) is 0 Å². The molecule has 1 aromatic heterocycles. The minimum Gasteiger partial charge on any atom is -0.468 e. The number of alkyl halides is 1. The van der Waals surface area contributed by atoms with Gasteiger partial charge in [-0.05, 0) is 79.4 Å². The molecule has 60 heavy (non-hydrogen) atoms. The molecule has 1 N–H and O–H groups in total. The molecule has 0 saturated carbocycles. The molecular weight excluding hydrogens is 792 g/mol. The molecule has 3 aliphatic heterocycles. The van der Waals surface area contributed by atoms with Gasteiger partial charge in [0.1, 0.15) is 43.8 Å².